The maximum Gasteiger partial charge on any atom is 0.165 e. The van der Waals surface area contributed by atoms with Crippen molar-refractivity contribution in [2.24, 2.45) is 0 Å². The normalized spacial score (nSPS) is 19.5. The molecule has 22 heavy (non-hydrogen) atoms. The van der Waals surface area contributed by atoms with Gasteiger partial charge >= 0.3 is 0 Å². The van der Waals surface area contributed by atoms with Gasteiger partial charge < -0.3 is 14.9 Å². The number of ether oxygens (including phenoxy) is 1. The standard InChI is InChI=1S/C18H19NO3/c1-19-6-5-11-7-12(22-2)9-13-16(11)14(19)8-10-3-4-15(20)18(21)17(10)13/h3-4,7,9,14,20-21H,5-6,8H2,1-2H3/t14-/m1/s1. The van der Waals surface area contributed by atoms with Crippen LogP contribution in [0.25, 0.3) is 11.1 Å². The molecule has 0 unspecified atom stereocenters. The van der Waals surface area contributed by atoms with Crippen LogP contribution in [0.1, 0.15) is 22.7 Å². The third kappa shape index (κ3) is 1.74. The fourth-order valence-electron chi connectivity index (χ4n) is 3.84. The van der Waals surface area contributed by atoms with Crippen molar-refractivity contribution in [1.82, 2.24) is 4.90 Å². The summed E-state index contributed by atoms with van der Waals surface area (Å²) in [7, 11) is 3.81. The molecule has 1 atom stereocenters. The Labute approximate surface area is 129 Å². The van der Waals surface area contributed by atoms with Crippen molar-refractivity contribution in [3.8, 4) is 28.4 Å². The molecule has 0 radical (unpaired) electrons. The number of phenols is 2. The largest absolute Gasteiger partial charge is 0.504 e. The Bertz CT molecular complexity index is 769. The van der Waals surface area contributed by atoms with Gasteiger partial charge in [0, 0.05) is 18.2 Å². The lowest BCUT2D eigenvalue weighted by Gasteiger charge is -2.40. The maximum atomic E-state index is 10.4. The van der Waals surface area contributed by atoms with Crippen LogP contribution in [0.2, 0.25) is 0 Å². The van der Waals surface area contributed by atoms with E-state index in [2.05, 4.69) is 18.0 Å². The van der Waals surface area contributed by atoms with Gasteiger partial charge in [0.1, 0.15) is 5.75 Å². The summed E-state index contributed by atoms with van der Waals surface area (Å²) < 4.78 is 5.44. The fraction of sp³-hybridized carbons (Fsp3) is 0.333. The first-order chi connectivity index (χ1) is 10.6. The van der Waals surface area contributed by atoms with E-state index >= 15 is 0 Å². The summed E-state index contributed by atoms with van der Waals surface area (Å²) in [6.07, 6.45) is 1.83. The van der Waals surface area contributed by atoms with Crippen LogP contribution in [0.4, 0.5) is 0 Å². The zero-order chi connectivity index (χ0) is 15.4. The van der Waals surface area contributed by atoms with Crippen molar-refractivity contribution in [3.63, 3.8) is 0 Å². The van der Waals surface area contributed by atoms with Gasteiger partial charge in [-0.25, -0.2) is 0 Å². The van der Waals surface area contributed by atoms with Crippen LogP contribution in [0.5, 0.6) is 17.2 Å². The molecule has 4 nitrogen and oxygen atoms in total. The number of methoxy groups -OCH3 is 1. The van der Waals surface area contributed by atoms with Gasteiger partial charge in [-0.15, -0.1) is 0 Å². The Morgan fingerprint density at radius 2 is 2.00 bits per heavy atom. The summed E-state index contributed by atoms with van der Waals surface area (Å²) in [6, 6.07) is 7.88. The van der Waals surface area contributed by atoms with E-state index in [1.165, 1.54) is 11.1 Å². The summed E-state index contributed by atoms with van der Waals surface area (Å²) in [6.45, 7) is 1.02. The zero-order valence-electron chi connectivity index (χ0n) is 12.8. The molecule has 1 heterocycles. The highest BCUT2D eigenvalue weighted by molar-refractivity contribution is 5.83. The molecule has 2 aromatic carbocycles. The van der Waals surface area contributed by atoms with Gasteiger partial charge in [0.15, 0.2) is 11.5 Å². The average molecular weight is 297 g/mol. The minimum Gasteiger partial charge on any atom is -0.504 e. The van der Waals surface area contributed by atoms with E-state index in [-0.39, 0.29) is 11.5 Å². The third-order valence-corrected chi connectivity index (χ3v) is 5.00. The third-order valence-electron chi connectivity index (χ3n) is 5.00. The minimum atomic E-state index is -0.0714. The molecule has 2 aliphatic rings. The van der Waals surface area contributed by atoms with Gasteiger partial charge in [0.2, 0.25) is 0 Å². The van der Waals surface area contributed by atoms with Crippen molar-refractivity contribution in [3.05, 3.63) is 41.0 Å². The molecule has 2 N–H and O–H groups in total. The van der Waals surface area contributed by atoms with E-state index in [0.717, 1.165) is 41.8 Å². The van der Waals surface area contributed by atoms with Crippen LogP contribution in [-0.2, 0) is 12.8 Å². The Kier molecular flexibility index (Phi) is 2.84. The predicted octanol–water partition coefficient (Wildman–Crippen LogP) is 2.86. The highest BCUT2D eigenvalue weighted by atomic mass is 16.5. The van der Waals surface area contributed by atoms with Gasteiger partial charge in [0.25, 0.3) is 0 Å². The molecule has 2 aromatic rings. The van der Waals surface area contributed by atoms with Crippen molar-refractivity contribution in [1.29, 1.82) is 0 Å². The van der Waals surface area contributed by atoms with Gasteiger partial charge in [0.05, 0.1) is 7.11 Å². The molecule has 114 valence electrons. The lowest BCUT2D eigenvalue weighted by Crippen LogP contribution is -2.35. The number of likely N-dealkylation sites (N-methyl/N-ethyl adjacent to an activating group) is 1. The van der Waals surface area contributed by atoms with Crippen molar-refractivity contribution in [2.75, 3.05) is 20.7 Å². The van der Waals surface area contributed by atoms with Crippen LogP contribution < -0.4 is 4.74 Å². The lowest BCUT2D eigenvalue weighted by molar-refractivity contribution is 0.227. The number of aromatic hydroxyl groups is 2. The molecule has 0 bridgehead atoms. The maximum absolute atomic E-state index is 10.4. The Balaban J connectivity index is 2.06. The molecular formula is C18H19NO3. The smallest absolute Gasteiger partial charge is 0.165 e. The monoisotopic (exact) mass is 297 g/mol. The number of benzene rings is 2. The number of rotatable bonds is 1. The summed E-state index contributed by atoms with van der Waals surface area (Å²) in [5.41, 5.74) is 5.36. The van der Waals surface area contributed by atoms with Gasteiger partial charge in [-0.2, -0.15) is 0 Å². The highest BCUT2D eigenvalue weighted by Crippen LogP contribution is 2.51. The molecule has 0 saturated heterocycles. The van der Waals surface area contributed by atoms with Crippen LogP contribution in [-0.4, -0.2) is 35.8 Å². The van der Waals surface area contributed by atoms with E-state index in [1.54, 1.807) is 13.2 Å². The topological polar surface area (TPSA) is 52.9 Å². The quantitative estimate of drug-likeness (QED) is 0.795. The molecule has 0 aromatic heterocycles. The second-order valence-corrected chi connectivity index (χ2v) is 6.17. The first-order valence-corrected chi connectivity index (χ1v) is 7.55. The van der Waals surface area contributed by atoms with E-state index in [1.807, 2.05) is 12.1 Å². The molecule has 0 saturated carbocycles. The molecule has 1 aliphatic carbocycles. The van der Waals surface area contributed by atoms with E-state index < -0.39 is 0 Å². The van der Waals surface area contributed by atoms with Gasteiger partial charge in [-0.1, -0.05) is 6.07 Å². The first kappa shape index (κ1) is 13.5. The van der Waals surface area contributed by atoms with E-state index in [0.29, 0.717) is 6.04 Å². The average Bonchev–Trinajstić information content (AvgIpc) is 2.53. The SMILES string of the molecule is COc1cc2c3c(c1)-c1c(ccc(O)c1O)C[C@H]3N(C)CC2. The van der Waals surface area contributed by atoms with Crippen molar-refractivity contribution < 1.29 is 14.9 Å². The Morgan fingerprint density at radius 3 is 2.77 bits per heavy atom. The summed E-state index contributed by atoms with van der Waals surface area (Å²) >= 11 is 0. The van der Waals surface area contributed by atoms with Crippen molar-refractivity contribution >= 4 is 0 Å². The van der Waals surface area contributed by atoms with Crippen LogP contribution in [0.15, 0.2) is 24.3 Å². The molecule has 4 heteroatoms. The first-order valence-electron chi connectivity index (χ1n) is 7.55. The zero-order valence-corrected chi connectivity index (χ0v) is 12.8. The Hall–Kier alpha value is -2.20. The summed E-state index contributed by atoms with van der Waals surface area (Å²) in [5, 5.41) is 20.3. The summed E-state index contributed by atoms with van der Waals surface area (Å²) in [5.74, 6) is 0.699. The lowest BCUT2D eigenvalue weighted by atomic mass is 9.76. The van der Waals surface area contributed by atoms with Crippen LogP contribution in [0, 0.1) is 0 Å². The minimum absolute atomic E-state index is 0.0281. The molecule has 0 fully saturated rings. The number of phenolic OH excluding ortho intramolecular Hbond substituents is 2. The summed E-state index contributed by atoms with van der Waals surface area (Å²) in [4.78, 5) is 2.37. The fourth-order valence-corrected chi connectivity index (χ4v) is 3.84. The molecule has 4 rings (SSSR count). The molecule has 0 amide bonds. The van der Waals surface area contributed by atoms with Crippen LogP contribution in [0.3, 0.4) is 0 Å². The highest BCUT2D eigenvalue weighted by Gasteiger charge is 2.34. The van der Waals surface area contributed by atoms with Crippen molar-refractivity contribution in [2.45, 2.75) is 18.9 Å². The predicted molar refractivity (Wildman–Crippen MR) is 84.5 cm³/mol. The van der Waals surface area contributed by atoms with E-state index in [4.69, 9.17) is 4.74 Å². The number of hydrogen-bond donors (Lipinski definition) is 2. The number of hydrogen-bond acceptors (Lipinski definition) is 4. The van der Waals surface area contributed by atoms with Gasteiger partial charge in [-0.3, -0.25) is 4.90 Å². The molecular weight excluding hydrogens is 278 g/mol. The second-order valence-electron chi connectivity index (χ2n) is 6.17. The van der Waals surface area contributed by atoms with Crippen LogP contribution >= 0.6 is 0 Å². The number of nitrogens with zero attached hydrogens (tertiary/aromatic N) is 1. The van der Waals surface area contributed by atoms with E-state index in [9.17, 15) is 10.2 Å². The molecule has 1 aliphatic heterocycles. The second kappa shape index (κ2) is 4.65. The van der Waals surface area contributed by atoms with Gasteiger partial charge in [-0.05, 0) is 60.3 Å². The molecule has 0 spiro atoms. The number of fused-ring (bicyclic) bond motifs is 2. The Morgan fingerprint density at radius 1 is 1.18 bits per heavy atom.